The second-order valence-corrected chi connectivity index (χ2v) is 3.43. The zero-order valence-corrected chi connectivity index (χ0v) is 8.61. The predicted molar refractivity (Wildman–Crippen MR) is 49.5 cm³/mol. The number of nitrogens with zero attached hydrogens (tertiary/aromatic N) is 1. The third-order valence-corrected chi connectivity index (χ3v) is 2.22. The maximum absolute atomic E-state index is 12.4. The molecule has 0 unspecified atom stereocenters. The summed E-state index contributed by atoms with van der Waals surface area (Å²) < 4.78 is 25.2. The Bertz CT molecular complexity index is 315. The van der Waals surface area contributed by atoms with Crippen molar-refractivity contribution in [2.75, 3.05) is 0 Å². The summed E-state index contributed by atoms with van der Waals surface area (Å²) >= 11 is 3.06. The molecule has 0 aliphatic heterocycles. The maximum Gasteiger partial charge on any atom is 0.280 e. The van der Waals surface area contributed by atoms with Crippen molar-refractivity contribution >= 4 is 15.9 Å². The summed E-state index contributed by atoms with van der Waals surface area (Å²) in [6, 6.07) is 1.65. The zero-order valence-electron chi connectivity index (χ0n) is 7.02. The standard InChI is InChI=1S/C8H9BrF2N2/c1-4-5(3-12)2-6(9)13-7(4)8(10)11/h2,8H,3,12H2,1H3. The molecule has 0 aliphatic rings. The molecule has 2 nitrogen and oxygen atoms in total. The Morgan fingerprint density at radius 1 is 1.62 bits per heavy atom. The molecule has 0 atom stereocenters. The average Bonchev–Trinajstić information content (AvgIpc) is 2.08. The van der Waals surface area contributed by atoms with Crippen molar-refractivity contribution in [3.05, 3.63) is 27.5 Å². The highest BCUT2D eigenvalue weighted by molar-refractivity contribution is 9.10. The predicted octanol–water partition coefficient (Wildman–Crippen LogP) is 2.55. The van der Waals surface area contributed by atoms with Gasteiger partial charge in [0.25, 0.3) is 6.43 Å². The molecule has 72 valence electrons. The minimum absolute atomic E-state index is 0.199. The Morgan fingerprint density at radius 2 is 2.23 bits per heavy atom. The molecule has 13 heavy (non-hydrogen) atoms. The Balaban J connectivity index is 3.27. The van der Waals surface area contributed by atoms with E-state index in [0.717, 1.165) is 0 Å². The molecule has 2 N–H and O–H groups in total. The van der Waals surface area contributed by atoms with E-state index in [0.29, 0.717) is 15.7 Å². The number of pyridine rings is 1. The number of alkyl halides is 2. The number of aromatic nitrogens is 1. The van der Waals surface area contributed by atoms with Crippen molar-refractivity contribution in [1.29, 1.82) is 0 Å². The first-order valence-electron chi connectivity index (χ1n) is 3.70. The average molecular weight is 251 g/mol. The van der Waals surface area contributed by atoms with Crippen molar-refractivity contribution in [2.45, 2.75) is 19.9 Å². The van der Waals surface area contributed by atoms with Gasteiger partial charge in [0, 0.05) is 6.54 Å². The quantitative estimate of drug-likeness (QED) is 0.820. The van der Waals surface area contributed by atoms with Crippen LogP contribution in [0.25, 0.3) is 0 Å². The van der Waals surface area contributed by atoms with Crippen LogP contribution in [0.2, 0.25) is 0 Å². The van der Waals surface area contributed by atoms with Gasteiger partial charge in [0.15, 0.2) is 0 Å². The minimum Gasteiger partial charge on any atom is -0.326 e. The lowest BCUT2D eigenvalue weighted by Gasteiger charge is -2.08. The van der Waals surface area contributed by atoms with Crippen LogP contribution in [0.5, 0.6) is 0 Å². The van der Waals surface area contributed by atoms with Crippen molar-refractivity contribution in [2.24, 2.45) is 5.73 Å². The number of nitrogens with two attached hydrogens (primary N) is 1. The fourth-order valence-electron chi connectivity index (χ4n) is 1.07. The maximum atomic E-state index is 12.4. The summed E-state index contributed by atoms with van der Waals surface area (Å²) in [4.78, 5) is 3.69. The van der Waals surface area contributed by atoms with Gasteiger partial charge in [0.1, 0.15) is 10.3 Å². The second kappa shape index (κ2) is 4.11. The summed E-state index contributed by atoms with van der Waals surface area (Å²) in [5.74, 6) is 0. The van der Waals surface area contributed by atoms with Gasteiger partial charge in [-0.15, -0.1) is 0 Å². The summed E-state index contributed by atoms with van der Waals surface area (Å²) in [6.07, 6.45) is -2.55. The van der Waals surface area contributed by atoms with Crippen LogP contribution in [0.4, 0.5) is 8.78 Å². The monoisotopic (exact) mass is 250 g/mol. The lowest BCUT2D eigenvalue weighted by atomic mass is 10.1. The largest absolute Gasteiger partial charge is 0.326 e. The zero-order chi connectivity index (χ0) is 10.0. The molecule has 0 radical (unpaired) electrons. The van der Waals surface area contributed by atoms with Crippen LogP contribution in [0.1, 0.15) is 23.2 Å². The third kappa shape index (κ3) is 2.22. The summed E-state index contributed by atoms with van der Waals surface area (Å²) in [6.45, 7) is 1.84. The number of hydrogen-bond acceptors (Lipinski definition) is 2. The molecule has 1 rings (SSSR count). The molecule has 0 saturated carbocycles. The Kier molecular flexibility index (Phi) is 3.33. The van der Waals surface area contributed by atoms with Crippen LogP contribution in [0, 0.1) is 6.92 Å². The van der Waals surface area contributed by atoms with E-state index in [-0.39, 0.29) is 12.2 Å². The second-order valence-electron chi connectivity index (χ2n) is 2.62. The molecule has 1 heterocycles. The highest BCUT2D eigenvalue weighted by Gasteiger charge is 2.15. The van der Waals surface area contributed by atoms with Crippen molar-refractivity contribution in [3.8, 4) is 0 Å². The molecular formula is C8H9BrF2N2. The Hall–Kier alpha value is -0.550. The smallest absolute Gasteiger partial charge is 0.280 e. The van der Waals surface area contributed by atoms with E-state index in [4.69, 9.17) is 5.73 Å². The molecule has 0 fully saturated rings. The van der Waals surface area contributed by atoms with Crippen LogP contribution in [-0.4, -0.2) is 4.98 Å². The van der Waals surface area contributed by atoms with Crippen LogP contribution in [-0.2, 0) is 6.54 Å². The molecule has 1 aromatic heterocycles. The van der Waals surface area contributed by atoms with E-state index in [1.807, 2.05) is 0 Å². The van der Waals surface area contributed by atoms with Crippen LogP contribution in [0.3, 0.4) is 0 Å². The van der Waals surface area contributed by atoms with Crippen molar-refractivity contribution in [3.63, 3.8) is 0 Å². The van der Waals surface area contributed by atoms with Crippen molar-refractivity contribution < 1.29 is 8.78 Å². The van der Waals surface area contributed by atoms with Gasteiger partial charge in [-0.25, -0.2) is 13.8 Å². The highest BCUT2D eigenvalue weighted by Crippen LogP contribution is 2.25. The Morgan fingerprint density at radius 3 is 2.69 bits per heavy atom. The minimum atomic E-state index is -2.55. The van der Waals surface area contributed by atoms with Crippen LogP contribution >= 0.6 is 15.9 Å². The van der Waals surface area contributed by atoms with Gasteiger partial charge in [-0.2, -0.15) is 0 Å². The third-order valence-electron chi connectivity index (χ3n) is 1.81. The number of halogens is 3. The van der Waals surface area contributed by atoms with E-state index in [1.54, 1.807) is 13.0 Å². The Labute approximate surface area is 83.3 Å². The molecule has 1 aromatic rings. The molecule has 0 bridgehead atoms. The van der Waals surface area contributed by atoms with Crippen LogP contribution in [0.15, 0.2) is 10.7 Å². The first-order valence-corrected chi connectivity index (χ1v) is 4.49. The van der Waals surface area contributed by atoms with Crippen LogP contribution < -0.4 is 5.73 Å². The number of rotatable bonds is 2. The lowest BCUT2D eigenvalue weighted by molar-refractivity contribution is 0.145. The molecule has 0 aromatic carbocycles. The molecule has 0 spiro atoms. The summed E-state index contributed by atoms with van der Waals surface area (Å²) in [5.41, 5.74) is 6.36. The van der Waals surface area contributed by atoms with Gasteiger partial charge in [0.05, 0.1) is 0 Å². The van der Waals surface area contributed by atoms with E-state index < -0.39 is 6.43 Å². The lowest BCUT2D eigenvalue weighted by Crippen LogP contribution is -2.04. The first kappa shape index (κ1) is 10.5. The van der Waals surface area contributed by atoms with Crippen molar-refractivity contribution in [1.82, 2.24) is 4.98 Å². The normalized spacial score (nSPS) is 10.9. The van der Waals surface area contributed by atoms with Gasteiger partial charge in [-0.3, -0.25) is 0 Å². The van der Waals surface area contributed by atoms with E-state index >= 15 is 0 Å². The molecular weight excluding hydrogens is 242 g/mol. The van der Waals surface area contributed by atoms with Gasteiger partial charge in [-0.1, -0.05) is 0 Å². The van der Waals surface area contributed by atoms with E-state index in [1.165, 1.54) is 0 Å². The SMILES string of the molecule is Cc1c(CN)cc(Br)nc1C(F)F. The molecule has 0 amide bonds. The summed E-state index contributed by atoms with van der Waals surface area (Å²) in [7, 11) is 0. The topological polar surface area (TPSA) is 38.9 Å². The van der Waals surface area contributed by atoms with Gasteiger partial charge in [-0.05, 0) is 40.0 Å². The number of hydrogen-bond donors (Lipinski definition) is 1. The van der Waals surface area contributed by atoms with Gasteiger partial charge < -0.3 is 5.73 Å². The fraction of sp³-hybridized carbons (Fsp3) is 0.375. The molecule has 0 saturated heterocycles. The molecule has 0 aliphatic carbocycles. The van der Waals surface area contributed by atoms with Gasteiger partial charge in [0.2, 0.25) is 0 Å². The summed E-state index contributed by atoms with van der Waals surface area (Å²) in [5, 5.41) is 0. The van der Waals surface area contributed by atoms with Gasteiger partial charge >= 0.3 is 0 Å². The van der Waals surface area contributed by atoms with E-state index in [9.17, 15) is 8.78 Å². The first-order chi connectivity index (χ1) is 6.06. The fourth-order valence-corrected chi connectivity index (χ4v) is 1.54. The molecule has 5 heteroatoms. The highest BCUT2D eigenvalue weighted by atomic mass is 79.9. The van der Waals surface area contributed by atoms with E-state index in [2.05, 4.69) is 20.9 Å².